The van der Waals surface area contributed by atoms with Crippen molar-refractivity contribution in [1.82, 2.24) is 0 Å². The van der Waals surface area contributed by atoms with E-state index in [0.29, 0.717) is 5.56 Å². The maximum atomic E-state index is 11.9. The van der Waals surface area contributed by atoms with Crippen molar-refractivity contribution < 1.29 is 4.79 Å². The van der Waals surface area contributed by atoms with E-state index in [9.17, 15) is 4.79 Å². The van der Waals surface area contributed by atoms with Gasteiger partial charge in [-0.2, -0.15) is 0 Å². The highest BCUT2D eigenvalue weighted by atomic mass is 16.1. The Balaban J connectivity index is 2.05. The zero-order valence-corrected chi connectivity index (χ0v) is 9.47. The Bertz CT molecular complexity index is 473. The fraction of sp³-hybridized carbons (Fsp3) is 0. The van der Waals surface area contributed by atoms with Gasteiger partial charge in [-0.15, -0.1) is 0 Å². The van der Waals surface area contributed by atoms with Crippen LogP contribution in [0.1, 0.15) is 15.9 Å². The third kappa shape index (κ3) is 3.04. The molecule has 2 aromatic rings. The first kappa shape index (κ1) is 11.6. The molecule has 0 aliphatic heterocycles. The van der Waals surface area contributed by atoms with E-state index in [2.05, 4.69) is 6.92 Å². The highest BCUT2D eigenvalue weighted by molar-refractivity contribution is 6.04. The first-order valence-corrected chi connectivity index (χ1v) is 5.46. The van der Waals surface area contributed by atoms with Crippen LogP contribution in [0.4, 0.5) is 0 Å². The van der Waals surface area contributed by atoms with Gasteiger partial charge in [0.25, 0.3) is 0 Å². The maximum Gasteiger partial charge on any atom is 0.167 e. The molecule has 2 rings (SSSR count). The molecule has 0 aliphatic rings. The summed E-state index contributed by atoms with van der Waals surface area (Å²) in [7, 11) is 0. The number of hydrogen-bond acceptors (Lipinski definition) is 1. The highest BCUT2D eigenvalue weighted by Crippen LogP contribution is 2.18. The Morgan fingerprint density at radius 2 is 1.29 bits per heavy atom. The van der Waals surface area contributed by atoms with Gasteiger partial charge in [0.2, 0.25) is 0 Å². The number of carbonyl (C=O) groups is 1. The molecule has 1 nitrogen and oxygen atoms in total. The molecule has 0 fully saturated rings. The lowest BCUT2D eigenvalue weighted by Gasteiger charge is -2.09. The molecule has 0 spiro atoms. The zero-order valence-electron chi connectivity index (χ0n) is 9.47. The summed E-state index contributed by atoms with van der Waals surface area (Å²) in [6.45, 7) is 3.91. The topological polar surface area (TPSA) is 17.1 Å². The number of carbonyl (C=O) groups excluding carboxylic acids is 1. The molecule has 3 radical (unpaired) electrons. The number of benzene rings is 2. The van der Waals surface area contributed by atoms with Crippen molar-refractivity contribution in [2.24, 2.45) is 0 Å². The fourth-order valence-electron chi connectivity index (χ4n) is 1.58. The Hall–Kier alpha value is -1.89. The van der Waals surface area contributed by atoms with Gasteiger partial charge >= 0.3 is 0 Å². The summed E-state index contributed by atoms with van der Waals surface area (Å²) < 4.78 is 0. The van der Waals surface area contributed by atoms with Gasteiger partial charge in [-0.25, -0.2) is 0 Å². The van der Waals surface area contributed by atoms with E-state index in [-0.39, 0.29) is 5.78 Å². The van der Waals surface area contributed by atoms with Crippen LogP contribution in [0.3, 0.4) is 0 Å². The number of hydrogen-bond donors (Lipinski definition) is 0. The summed E-state index contributed by atoms with van der Waals surface area (Å²) >= 11 is 0. The third-order valence-corrected chi connectivity index (χ3v) is 2.51. The highest BCUT2D eigenvalue weighted by Gasteiger charge is 2.13. The summed E-state index contributed by atoms with van der Waals surface area (Å²) in [6, 6.07) is 18.9. The molecule has 0 N–H and O–H groups in total. The van der Waals surface area contributed by atoms with Gasteiger partial charge in [-0.05, 0) is 12.5 Å². The van der Waals surface area contributed by atoms with Crippen molar-refractivity contribution in [1.29, 1.82) is 0 Å². The van der Waals surface area contributed by atoms with Gasteiger partial charge in [0, 0.05) is 17.9 Å². The Morgan fingerprint density at radius 1 is 0.824 bits per heavy atom. The van der Waals surface area contributed by atoms with E-state index >= 15 is 0 Å². The average molecular weight is 221 g/mol. The molecule has 0 saturated carbocycles. The predicted molar refractivity (Wildman–Crippen MR) is 69.2 cm³/mol. The second-order valence-electron chi connectivity index (χ2n) is 3.77. The van der Waals surface area contributed by atoms with Crippen LogP contribution >= 0.6 is 0 Å². The minimum atomic E-state index is -0.0144. The van der Waals surface area contributed by atoms with Gasteiger partial charge in [0.15, 0.2) is 5.78 Å². The summed E-state index contributed by atoms with van der Waals surface area (Å²) in [4.78, 5) is 11.9. The smallest absolute Gasteiger partial charge is 0.167 e. The summed E-state index contributed by atoms with van der Waals surface area (Å²) in [5.41, 5.74) is 1.65. The minimum Gasteiger partial charge on any atom is -0.294 e. The summed E-state index contributed by atoms with van der Waals surface area (Å²) in [6.07, 6.45) is 1.57. The normalized spacial score (nSPS) is 10.5. The number of rotatable bonds is 4. The van der Waals surface area contributed by atoms with Crippen LogP contribution in [-0.4, -0.2) is 5.78 Å². The fourth-order valence-corrected chi connectivity index (χ4v) is 1.58. The Kier molecular flexibility index (Phi) is 3.71. The molecule has 0 saturated heterocycles. The molecule has 0 atom stereocenters. The molecular weight excluding hydrogens is 208 g/mol. The van der Waals surface area contributed by atoms with E-state index in [1.54, 1.807) is 18.6 Å². The minimum absolute atomic E-state index is 0.0144. The molecule has 2 aromatic carbocycles. The van der Waals surface area contributed by atoms with Crippen molar-refractivity contribution in [2.75, 3.05) is 0 Å². The number of ketones is 1. The van der Waals surface area contributed by atoms with Crippen LogP contribution in [0.15, 0.2) is 60.7 Å². The Labute approximate surface area is 102 Å². The molecule has 0 aliphatic carbocycles. The van der Waals surface area contributed by atoms with Crippen molar-refractivity contribution in [3.63, 3.8) is 0 Å². The van der Waals surface area contributed by atoms with Crippen LogP contribution < -0.4 is 0 Å². The maximum absolute atomic E-state index is 11.9. The lowest BCUT2D eigenvalue weighted by atomic mass is 9.93. The van der Waals surface area contributed by atoms with Crippen molar-refractivity contribution in [3.8, 4) is 0 Å². The largest absolute Gasteiger partial charge is 0.294 e. The first-order valence-electron chi connectivity index (χ1n) is 5.46. The van der Waals surface area contributed by atoms with E-state index < -0.39 is 0 Å². The molecule has 0 amide bonds. The Morgan fingerprint density at radius 3 is 1.82 bits per heavy atom. The molecule has 17 heavy (non-hydrogen) atoms. The van der Waals surface area contributed by atoms with Gasteiger partial charge in [0.05, 0.1) is 0 Å². The van der Waals surface area contributed by atoms with E-state index in [4.69, 9.17) is 0 Å². The second kappa shape index (κ2) is 5.44. The molecular formula is C16H13O. The number of Topliss-reactive ketones (excluding diaryl/α,β-unsaturated/α-hetero) is 1. The molecule has 0 bridgehead atoms. The van der Waals surface area contributed by atoms with E-state index in [0.717, 1.165) is 11.5 Å². The van der Waals surface area contributed by atoms with Crippen LogP contribution in [0.2, 0.25) is 0 Å². The third-order valence-electron chi connectivity index (χ3n) is 2.51. The standard InChI is InChI=1S/C16H13O/c1-13(14-8-4-2-5-9-14)12-16(17)15-10-6-3-7-11-15/h2-12H,1H2. The predicted octanol–water partition coefficient (Wildman–Crippen LogP) is 3.53. The average Bonchev–Trinajstić information content (AvgIpc) is 2.40. The molecule has 83 valence electrons. The van der Waals surface area contributed by atoms with Gasteiger partial charge in [0.1, 0.15) is 0 Å². The molecule has 0 heterocycles. The molecule has 1 heteroatoms. The zero-order chi connectivity index (χ0) is 12.1. The van der Waals surface area contributed by atoms with E-state index in [1.165, 1.54) is 0 Å². The van der Waals surface area contributed by atoms with E-state index in [1.807, 2.05) is 48.5 Å². The quantitative estimate of drug-likeness (QED) is 0.722. The lowest BCUT2D eigenvalue weighted by molar-refractivity contribution is 0.103. The van der Waals surface area contributed by atoms with Gasteiger partial charge < -0.3 is 0 Å². The van der Waals surface area contributed by atoms with Crippen LogP contribution in [-0.2, 0) is 0 Å². The molecule has 0 aromatic heterocycles. The van der Waals surface area contributed by atoms with Gasteiger partial charge in [-0.1, -0.05) is 60.7 Å². The summed E-state index contributed by atoms with van der Waals surface area (Å²) in [5.74, 6) is 0.721. The van der Waals surface area contributed by atoms with Crippen LogP contribution in [0, 0.1) is 19.3 Å². The van der Waals surface area contributed by atoms with Crippen molar-refractivity contribution in [3.05, 3.63) is 91.1 Å². The monoisotopic (exact) mass is 221 g/mol. The summed E-state index contributed by atoms with van der Waals surface area (Å²) in [5, 5.41) is 0. The molecule has 0 unspecified atom stereocenters. The first-order chi connectivity index (χ1) is 8.27. The SMILES string of the molecule is [CH2][C]([CH]C(=O)c1ccccc1)c1ccccc1. The van der Waals surface area contributed by atoms with Crippen molar-refractivity contribution in [2.45, 2.75) is 0 Å². The lowest BCUT2D eigenvalue weighted by Crippen LogP contribution is -2.06. The van der Waals surface area contributed by atoms with Gasteiger partial charge in [-0.3, -0.25) is 4.79 Å². The van der Waals surface area contributed by atoms with Crippen molar-refractivity contribution >= 4 is 5.78 Å². The van der Waals surface area contributed by atoms with Crippen LogP contribution in [0.25, 0.3) is 0 Å². The second-order valence-corrected chi connectivity index (χ2v) is 3.77. The van der Waals surface area contributed by atoms with Crippen LogP contribution in [0.5, 0.6) is 0 Å².